The lowest BCUT2D eigenvalue weighted by molar-refractivity contribution is -0.384. The lowest BCUT2D eigenvalue weighted by Gasteiger charge is -2.32. The second-order valence-corrected chi connectivity index (χ2v) is 7.92. The van der Waals surface area contributed by atoms with Crippen molar-refractivity contribution >= 4 is 28.7 Å². The van der Waals surface area contributed by atoms with Gasteiger partial charge in [0.15, 0.2) is 5.11 Å². The zero-order chi connectivity index (χ0) is 21.3. The molecule has 0 bridgehead atoms. The Morgan fingerprint density at radius 3 is 2.73 bits per heavy atom. The molecular formula is C22H25N5O2S. The van der Waals surface area contributed by atoms with Crippen LogP contribution in [0.1, 0.15) is 30.4 Å². The minimum Gasteiger partial charge on any atom is -0.362 e. The number of piperidine rings is 1. The number of nitro groups is 1. The molecule has 0 spiro atoms. The van der Waals surface area contributed by atoms with Crippen molar-refractivity contribution in [3.8, 4) is 6.07 Å². The van der Waals surface area contributed by atoms with Gasteiger partial charge in [-0.2, -0.15) is 5.26 Å². The van der Waals surface area contributed by atoms with E-state index >= 15 is 0 Å². The summed E-state index contributed by atoms with van der Waals surface area (Å²) in [6.07, 6.45) is 3.27. The number of non-ortho nitro benzene ring substituents is 1. The predicted octanol–water partition coefficient (Wildman–Crippen LogP) is 4.06. The second kappa shape index (κ2) is 10.7. The summed E-state index contributed by atoms with van der Waals surface area (Å²) in [6, 6.07) is 16.2. The average molecular weight is 424 g/mol. The number of nitro benzene ring substituents is 1. The van der Waals surface area contributed by atoms with E-state index in [4.69, 9.17) is 17.5 Å². The van der Waals surface area contributed by atoms with Gasteiger partial charge in [0, 0.05) is 30.9 Å². The van der Waals surface area contributed by atoms with E-state index in [0.717, 1.165) is 56.7 Å². The summed E-state index contributed by atoms with van der Waals surface area (Å²) in [5.41, 5.74) is 2.54. The van der Waals surface area contributed by atoms with E-state index < -0.39 is 0 Å². The minimum absolute atomic E-state index is 0.150. The van der Waals surface area contributed by atoms with Gasteiger partial charge in [0.25, 0.3) is 5.69 Å². The number of thiocarbonyl (C=S) groups is 1. The van der Waals surface area contributed by atoms with Crippen molar-refractivity contribution in [1.82, 2.24) is 10.2 Å². The van der Waals surface area contributed by atoms with Crippen molar-refractivity contribution in [3.63, 3.8) is 0 Å². The summed E-state index contributed by atoms with van der Waals surface area (Å²) >= 11 is 5.34. The van der Waals surface area contributed by atoms with Gasteiger partial charge in [0.1, 0.15) is 0 Å². The Morgan fingerprint density at radius 2 is 2.00 bits per heavy atom. The number of nitrogens with zero attached hydrogens (tertiary/aromatic N) is 3. The van der Waals surface area contributed by atoms with Crippen molar-refractivity contribution in [3.05, 3.63) is 69.8 Å². The van der Waals surface area contributed by atoms with Gasteiger partial charge in [-0.3, -0.25) is 15.0 Å². The number of likely N-dealkylation sites (tertiary alicyclic amines) is 1. The number of nitrogens with one attached hydrogen (secondary N) is 2. The van der Waals surface area contributed by atoms with E-state index in [1.165, 1.54) is 6.07 Å². The van der Waals surface area contributed by atoms with Crippen LogP contribution in [0.3, 0.4) is 0 Å². The standard InChI is InChI=1S/C22H25N5O2S/c23-15-18-3-1-5-20(13-18)25-22(30)24-10-7-17-8-11-26(12-9-17)16-19-4-2-6-21(14-19)27(28)29/h1-6,13-14,17H,7-12,16H2,(H2,24,25,30). The quantitative estimate of drug-likeness (QED) is 0.394. The molecule has 1 fully saturated rings. The molecule has 156 valence electrons. The zero-order valence-corrected chi connectivity index (χ0v) is 17.5. The molecule has 2 N–H and O–H groups in total. The largest absolute Gasteiger partial charge is 0.362 e. The van der Waals surface area contributed by atoms with E-state index in [1.54, 1.807) is 24.3 Å². The molecule has 2 aromatic carbocycles. The average Bonchev–Trinajstić information content (AvgIpc) is 2.75. The number of benzene rings is 2. The van der Waals surface area contributed by atoms with Crippen molar-refractivity contribution in [2.75, 3.05) is 25.0 Å². The van der Waals surface area contributed by atoms with Crippen LogP contribution < -0.4 is 10.6 Å². The highest BCUT2D eigenvalue weighted by atomic mass is 32.1. The van der Waals surface area contributed by atoms with Crippen molar-refractivity contribution in [2.45, 2.75) is 25.8 Å². The fourth-order valence-corrected chi connectivity index (χ4v) is 3.91. The molecule has 7 nitrogen and oxygen atoms in total. The topological polar surface area (TPSA) is 94.2 Å². The first-order valence-electron chi connectivity index (χ1n) is 10.0. The second-order valence-electron chi connectivity index (χ2n) is 7.51. The van der Waals surface area contributed by atoms with Crippen LogP contribution in [-0.2, 0) is 6.54 Å². The lowest BCUT2D eigenvalue weighted by atomic mass is 9.93. The molecule has 1 aliphatic rings. The van der Waals surface area contributed by atoms with Gasteiger partial charge < -0.3 is 10.6 Å². The molecule has 8 heteroatoms. The first-order valence-corrected chi connectivity index (χ1v) is 10.4. The first-order chi connectivity index (χ1) is 14.5. The molecule has 0 atom stereocenters. The molecule has 0 aromatic heterocycles. The number of nitriles is 1. The highest BCUT2D eigenvalue weighted by Gasteiger charge is 2.19. The fraction of sp³-hybridized carbons (Fsp3) is 0.364. The minimum atomic E-state index is -0.345. The van der Waals surface area contributed by atoms with Gasteiger partial charge in [-0.15, -0.1) is 0 Å². The Kier molecular flexibility index (Phi) is 7.71. The van der Waals surface area contributed by atoms with Crippen LogP contribution in [0.25, 0.3) is 0 Å². The van der Waals surface area contributed by atoms with E-state index in [0.29, 0.717) is 16.6 Å². The van der Waals surface area contributed by atoms with Gasteiger partial charge in [0.2, 0.25) is 0 Å². The number of anilines is 1. The lowest BCUT2D eigenvalue weighted by Crippen LogP contribution is -2.35. The SMILES string of the molecule is N#Cc1cccc(NC(=S)NCCC2CCN(Cc3cccc([N+](=O)[O-])c3)CC2)c1. The maximum absolute atomic E-state index is 10.9. The molecule has 1 aliphatic heterocycles. The van der Waals surface area contributed by atoms with Gasteiger partial charge in [-0.1, -0.05) is 18.2 Å². The Bertz CT molecular complexity index is 935. The van der Waals surface area contributed by atoms with Crippen molar-refractivity contribution in [2.24, 2.45) is 5.92 Å². The highest BCUT2D eigenvalue weighted by Crippen LogP contribution is 2.22. The Hall–Kier alpha value is -3.02. The molecule has 2 aromatic rings. The van der Waals surface area contributed by atoms with E-state index in [1.807, 2.05) is 18.2 Å². The Morgan fingerprint density at radius 1 is 1.23 bits per heavy atom. The summed E-state index contributed by atoms with van der Waals surface area (Å²) in [5.74, 6) is 0.642. The monoisotopic (exact) mass is 423 g/mol. The van der Waals surface area contributed by atoms with Crippen LogP contribution in [0.4, 0.5) is 11.4 Å². The van der Waals surface area contributed by atoms with Crippen LogP contribution in [0.15, 0.2) is 48.5 Å². The third kappa shape index (κ3) is 6.51. The smallest absolute Gasteiger partial charge is 0.269 e. The summed E-state index contributed by atoms with van der Waals surface area (Å²) < 4.78 is 0. The molecule has 0 unspecified atom stereocenters. The Balaban J connectivity index is 1.36. The maximum atomic E-state index is 10.9. The fourth-order valence-electron chi connectivity index (χ4n) is 3.69. The van der Waals surface area contributed by atoms with E-state index in [2.05, 4.69) is 21.6 Å². The van der Waals surface area contributed by atoms with Crippen LogP contribution >= 0.6 is 12.2 Å². The Labute approximate surface area is 181 Å². The molecule has 1 saturated heterocycles. The molecule has 3 rings (SSSR count). The summed E-state index contributed by atoms with van der Waals surface area (Å²) in [4.78, 5) is 12.9. The van der Waals surface area contributed by atoms with E-state index in [-0.39, 0.29) is 10.6 Å². The predicted molar refractivity (Wildman–Crippen MR) is 121 cm³/mol. The number of hydrogen-bond acceptors (Lipinski definition) is 5. The molecule has 0 aliphatic carbocycles. The normalized spacial score (nSPS) is 14.6. The first kappa shape index (κ1) is 21.7. The molecule has 0 amide bonds. The third-order valence-corrected chi connectivity index (χ3v) is 5.57. The summed E-state index contributed by atoms with van der Waals surface area (Å²) in [5, 5.41) is 26.8. The van der Waals surface area contributed by atoms with Gasteiger partial charge in [0.05, 0.1) is 16.6 Å². The summed E-state index contributed by atoms with van der Waals surface area (Å²) in [6.45, 7) is 3.55. The molecular weight excluding hydrogens is 398 g/mol. The van der Waals surface area contributed by atoms with Gasteiger partial charge in [-0.25, -0.2) is 0 Å². The molecule has 0 saturated carbocycles. The van der Waals surface area contributed by atoms with Crippen LogP contribution in [0.5, 0.6) is 0 Å². The van der Waals surface area contributed by atoms with Crippen LogP contribution in [-0.4, -0.2) is 34.6 Å². The number of hydrogen-bond donors (Lipinski definition) is 2. The maximum Gasteiger partial charge on any atom is 0.269 e. The van der Waals surface area contributed by atoms with Crippen molar-refractivity contribution in [1.29, 1.82) is 5.26 Å². The highest BCUT2D eigenvalue weighted by molar-refractivity contribution is 7.80. The number of rotatable bonds is 7. The molecule has 0 radical (unpaired) electrons. The van der Waals surface area contributed by atoms with Crippen LogP contribution in [0.2, 0.25) is 0 Å². The van der Waals surface area contributed by atoms with Crippen LogP contribution in [0, 0.1) is 27.4 Å². The molecule has 1 heterocycles. The van der Waals surface area contributed by atoms with Gasteiger partial charge in [-0.05, 0) is 74.3 Å². The van der Waals surface area contributed by atoms with Crippen molar-refractivity contribution < 1.29 is 4.92 Å². The van der Waals surface area contributed by atoms with E-state index in [9.17, 15) is 10.1 Å². The van der Waals surface area contributed by atoms with Gasteiger partial charge >= 0.3 is 0 Å². The summed E-state index contributed by atoms with van der Waals surface area (Å²) in [7, 11) is 0. The zero-order valence-electron chi connectivity index (χ0n) is 16.7. The molecule has 30 heavy (non-hydrogen) atoms. The third-order valence-electron chi connectivity index (χ3n) is 5.32.